The van der Waals surface area contributed by atoms with E-state index in [1.165, 1.54) is 0 Å². The summed E-state index contributed by atoms with van der Waals surface area (Å²) in [5, 5.41) is 30.3. The minimum absolute atomic E-state index is 0.0275. The summed E-state index contributed by atoms with van der Waals surface area (Å²) in [5.41, 5.74) is -0.528. The van der Waals surface area contributed by atoms with Gasteiger partial charge in [0.1, 0.15) is 29.9 Å². The Labute approximate surface area is 189 Å². The van der Waals surface area contributed by atoms with Crippen molar-refractivity contribution in [2.45, 2.75) is 109 Å². The molecule has 0 aromatic heterocycles. The predicted molar refractivity (Wildman–Crippen MR) is 114 cm³/mol. The molecule has 5 fully saturated rings. The molecule has 0 amide bonds. The van der Waals surface area contributed by atoms with Crippen molar-refractivity contribution in [2.75, 3.05) is 0 Å². The largest absolute Gasteiger partial charge is 0.388 e. The van der Waals surface area contributed by atoms with Crippen molar-refractivity contribution in [3.05, 3.63) is 0 Å². The second-order valence-corrected chi connectivity index (χ2v) is 11.8. The minimum Gasteiger partial charge on any atom is -0.388 e. The van der Waals surface area contributed by atoms with Crippen LogP contribution in [0.15, 0.2) is 0 Å². The number of ether oxygens (including phenoxy) is 2. The maximum Gasteiger partial charge on any atom is 0.186 e. The SMILES string of the molecule is C[C@H]1O[C@@H](O[C@@H]2CC[C@@]3(C)C(CC[C@@H]4[C@@H]3C(=O)C[C@]3(C)C(=O)CC[C@@H]43)C2)[C@H](O)[C@@H](O)[C@@H]1O. The van der Waals surface area contributed by atoms with E-state index in [0.29, 0.717) is 30.6 Å². The van der Waals surface area contributed by atoms with Gasteiger partial charge in [-0.25, -0.2) is 0 Å². The molecule has 3 N–H and O–H groups in total. The normalized spacial score (nSPS) is 55.8. The van der Waals surface area contributed by atoms with Crippen molar-refractivity contribution < 1.29 is 34.4 Å². The third kappa shape index (κ3) is 3.26. The Balaban J connectivity index is 1.30. The molecule has 7 nitrogen and oxygen atoms in total. The summed E-state index contributed by atoms with van der Waals surface area (Å²) in [5.74, 6) is 1.59. The number of aliphatic hydroxyl groups is 3. The molecule has 1 saturated heterocycles. The summed E-state index contributed by atoms with van der Waals surface area (Å²) in [6, 6.07) is 0. The highest BCUT2D eigenvalue weighted by Gasteiger charge is 2.63. The van der Waals surface area contributed by atoms with E-state index < -0.39 is 36.1 Å². The standard InChI is InChI=1S/C25H38O7/c1-12-20(28)21(29)22(30)23(31-12)32-14-8-9-24(2)13(10-14)4-5-15-16-6-7-18(27)25(16,3)11-17(26)19(15)24/h12-16,19-23,28-30H,4-11H2,1-3H3/t12-,13?,14-,15+,16+,19-,20-,21+,22-,23+,24+,25+/m1/s1. The summed E-state index contributed by atoms with van der Waals surface area (Å²) < 4.78 is 11.8. The lowest BCUT2D eigenvalue weighted by atomic mass is 9.45. The number of aliphatic hydroxyl groups excluding tert-OH is 3. The molecule has 7 heteroatoms. The molecule has 0 bridgehead atoms. The maximum absolute atomic E-state index is 13.4. The van der Waals surface area contributed by atoms with Gasteiger partial charge >= 0.3 is 0 Å². The van der Waals surface area contributed by atoms with E-state index in [1.54, 1.807) is 6.92 Å². The van der Waals surface area contributed by atoms with Crippen LogP contribution < -0.4 is 0 Å². The van der Waals surface area contributed by atoms with Gasteiger partial charge in [0.15, 0.2) is 6.29 Å². The first kappa shape index (κ1) is 22.9. The smallest absolute Gasteiger partial charge is 0.186 e. The van der Waals surface area contributed by atoms with Crippen molar-refractivity contribution >= 4 is 11.6 Å². The van der Waals surface area contributed by atoms with E-state index >= 15 is 0 Å². The van der Waals surface area contributed by atoms with Gasteiger partial charge in [-0.05, 0) is 68.6 Å². The quantitative estimate of drug-likeness (QED) is 0.552. The highest BCUT2D eigenvalue weighted by atomic mass is 16.7. The number of hydrogen-bond acceptors (Lipinski definition) is 7. The van der Waals surface area contributed by atoms with Crippen LogP contribution >= 0.6 is 0 Å². The van der Waals surface area contributed by atoms with Crippen LogP contribution in [0.25, 0.3) is 0 Å². The van der Waals surface area contributed by atoms with Crippen LogP contribution in [0, 0.1) is 34.5 Å². The molecule has 4 saturated carbocycles. The lowest BCUT2D eigenvalue weighted by Crippen LogP contribution is -2.59. The van der Waals surface area contributed by atoms with Crippen LogP contribution in [0.2, 0.25) is 0 Å². The minimum atomic E-state index is -1.30. The van der Waals surface area contributed by atoms with Crippen LogP contribution in [0.3, 0.4) is 0 Å². The highest BCUT2D eigenvalue weighted by molar-refractivity contribution is 5.95. The summed E-state index contributed by atoms with van der Waals surface area (Å²) in [7, 11) is 0. The topological polar surface area (TPSA) is 113 Å². The molecule has 0 aromatic rings. The van der Waals surface area contributed by atoms with Crippen molar-refractivity contribution in [2.24, 2.45) is 34.5 Å². The molecule has 4 aliphatic carbocycles. The van der Waals surface area contributed by atoms with E-state index in [9.17, 15) is 24.9 Å². The van der Waals surface area contributed by atoms with E-state index in [4.69, 9.17) is 9.47 Å². The molecule has 1 unspecified atom stereocenters. The average Bonchev–Trinajstić information content (AvgIpc) is 3.04. The fourth-order valence-corrected chi connectivity index (χ4v) is 8.25. The summed E-state index contributed by atoms with van der Waals surface area (Å²) in [6.07, 6.45) is 0.986. The Bertz CT molecular complexity index is 784. The first-order valence-corrected chi connectivity index (χ1v) is 12.5. The van der Waals surface area contributed by atoms with Crippen molar-refractivity contribution in [3.63, 3.8) is 0 Å². The Hall–Kier alpha value is -0.860. The molecule has 32 heavy (non-hydrogen) atoms. The third-order valence-corrected chi connectivity index (χ3v) is 10.2. The van der Waals surface area contributed by atoms with Crippen molar-refractivity contribution in [1.82, 2.24) is 0 Å². The Morgan fingerprint density at radius 3 is 2.50 bits per heavy atom. The van der Waals surface area contributed by atoms with Gasteiger partial charge < -0.3 is 24.8 Å². The van der Waals surface area contributed by atoms with E-state index in [-0.39, 0.29) is 29.0 Å². The van der Waals surface area contributed by atoms with E-state index in [2.05, 4.69) is 6.92 Å². The van der Waals surface area contributed by atoms with Gasteiger partial charge in [-0.1, -0.05) is 13.8 Å². The fraction of sp³-hybridized carbons (Fsp3) is 0.920. The predicted octanol–water partition coefficient (Wildman–Crippen LogP) is 1.99. The molecular weight excluding hydrogens is 412 g/mol. The Kier molecular flexibility index (Phi) is 5.61. The molecular formula is C25H38O7. The number of rotatable bonds is 2. The number of hydrogen-bond donors (Lipinski definition) is 3. The molecule has 0 aromatic carbocycles. The summed E-state index contributed by atoms with van der Waals surface area (Å²) in [4.78, 5) is 26.0. The first-order valence-electron chi connectivity index (χ1n) is 12.5. The van der Waals surface area contributed by atoms with Crippen LogP contribution in [0.1, 0.15) is 72.1 Å². The molecule has 0 radical (unpaired) electrons. The lowest BCUT2D eigenvalue weighted by molar-refractivity contribution is -0.309. The molecule has 1 heterocycles. The molecule has 0 spiro atoms. The van der Waals surface area contributed by atoms with Gasteiger partial charge in [-0.3, -0.25) is 9.59 Å². The Morgan fingerprint density at radius 1 is 1.00 bits per heavy atom. The average molecular weight is 451 g/mol. The first-order chi connectivity index (χ1) is 15.1. The van der Waals surface area contributed by atoms with Gasteiger partial charge in [-0.2, -0.15) is 0 Å². The van der Waals surface area contributed by atoms with Crippen LogP contribution in [0.5, 0.6) is 0 Å². The van der Waals surface area contributed by atoms with Gasteiger partial charge in [0.05, 0.1) is 12.2 Å². The number of carbonyl (C=O) groups is 2. The second kappa shape index (κ2) is 7.84. The number of fused-ring (bicyclic) bond motifs is 5. The zero-order valence-corrected chi connectivity index (χ0v) is 19.4. The molecule has 12 atom stereocenters. The Morgan fingerprint density at radius 2 is 1.75 bits per heavy atom. The van der Waals surface area contributed by atoms with Crippen LogP contribution in [-0.4, -0.2) is 63.7 Å². The number of ketones is 2. The van der Waals surface area contributed by atoms with E-state index in [0.717, 1.165) is 38.5 Å². The number of carbonyl (C=O) groups excluding carboxylic acids is 2. The summed E-state index contributed by atoms with van der Waals surface area (Å²) >= 11 is 0. The zero-order chi connectivity index (χ0) is 23.0. The van der Waals surface area contributed by atoms with Gasteiger partial charge in [0.25, 0.3) is 0 Å². The molecule has 5 rings (SSSR count). The maximum atomic E-state index is 13.4. The molecule has 5 aliphatic rings. The second-order valence-electron chi connectivity index (χ2n) is 11.8. The number of Topliss-reactive ketones (excluding diaryl/α,β-unsaturated/α-hetero) is 2. The van der Waals surface area contributed by atoms with Crippen molar-refractivity contribution in [1.29, 1.82) is 0 Å². The van der Waals surface area contributed by atoms with Gasteiger partial charge in [-0.15, -0.1) is 0 Å². The zero-order valence-electron chi connectivity index (χ0n) is 19.4. The summed E-state index contributed by atoms with van der Waals surface area (Å²) in [6.45, 7) is 5.96. The van der Waals surface area contributed by atoms with Gasteiger partial charge in [0.2, 0.25) is 0 Å². The molecule has 180 valence electrons. The van der Waals surface area contributed by atoms with Crippen molar-refractivity contribution in [3.8, 4) is 0 Å². The third-order valence-electron chi connectivity index (χ3n) is 10.2. The fourth-order valence-electron chi connectivity index (χ4n) is 8.25. The highest BCUT2D eigenvalue weighted by Crippen LogP contribution is 2.64. The molecule has 1 aliphatic heterocycles. The van der Waals surface area contributed by atoms with E-state index in [1.807, 2.05) is 6.92 Å². The van der Waals surface area contributed by atoms with Crippen LogP contribution in [-0.2, 0) is 19.1 Å². The van der Waals surface area contributed by atoms with Gasteiger partial charge in [0, 0.05) is 24.2 Å². The lowest BCUT2D eigenvalue weighted by Gasteiger charge is -2.59. The monoisotopic (exact) mass is 450 g/mol. The van der Waals surface area contributed by atoms with Crippen LogP contribution in [0.4, 0.5) is 0 Å².